The Morgan fingerprint density at radius 2 is 2.21 bits per heavy atom. The Kier molecular flexibility index (Phi) is 3.31. The van der Waals surface area contributed by atoms with Crippen molar-refractivity contribution in [2.45, 2.75) is 44.4 Å². The Bertz CT molecular complexity index is 477. The van der Waals surface area contributed by atoms with Crippen molar-refractivity contribution < 1.29 is 9.53 Å². The second-order valence-electron chi connectivity index (χ2n) is 5.54. The van der Waals surface area contributed by atoms with Crippen LogP contribution in [0.15, 0.2) is 0 Å². The molecule has 1 fully saturated rings. The van der Waals surface area contributed by atoms with Gasteiger partial charge in [-0.05, 0) is 32.6 Å². The predicted molar refractivity (Wildman–Crippen MR) is 71.3 cm³/mol. The molecule has 2 aliphatic rings. The lowest BCUT2D eigenvalue weighted by Crippen LogP contribution is -2.40. The minimum absolute atomic E-state index is 0.0164. The van der Waals surface area contributed by atoms with Crippen molar-refractivity contribution in [3.63, 3.8) is 0 Å². The van der Waals surface area contributed by atoms with Crippen LogP contribution in [0.3, 0.4) is 0 Å². The van der Waals surface area contributed by atoms with Crippen molar-refractivity contribution in [1.82, 2.24) is 15.3 Å². The van der Waals surface area contributed by atoms with Crippen LogP contribution >= 0.6 is 0 Å². The number of aromatic amines is 1. The van der Waals surface area contributed by atoms with E-state index in [4.69, 9.17) is 4.74 Å². The van der Waals surface area contributed by atoms with E-state index in [1.54, 1.807) is 0 Å². The Balaban J connectivity index is 1.89. The van der Waals surface area contributed by atoms with E-state index in [-0.39, 0.29) is 11.3 Å². The number of imidazole rings is 1. The summed E-state index contributed by atoms with van der Waals surface area (Å²) in [6.07, 6.45) is 5.28. The molecule has 0 unspecified atom stereocenters. The van der Waals surface area contributed by atoms with Crippen LogP contribution in [-0.4, -0.2) is 35.6 Å². The lowest BCUT2D eigenvalue weighted by molar-refractivity contribution is 0.0475. The van der Waals surface area contributed by atoms with Gasteiger partial charge in [0.2, 0.25) is 0 Å². The number of carbonyl (C=O) groups excluding carboxylic acids is 1. The number of nitrogens with one attached hydrogen (secondary N) is 2. The van der Waals surface area contributed by atoms with Crippen molar-refractivity contribution in [1.29, 1.82) is 0 Å². The largest absolute Gasteiger partial charge is 0.381 e. The number of aryl methyl sites for hydroxylation is 1. The highest BCUT2D eigenvalue weighted by Crippen LogP contribution is 2.43. The van der Waals surface area contributed by atoms with Crippen LogP contribution in [0.25, 0.3) is 0 Å². The molecule has 1 aromatic rings. The molecule has 2 N–H and O–H groups in total. The molecular formula is C14H21N3O2. The van der Waals surface area contributed by atoms with Gasteiger partial charge in [-0.15, -0.1) is 0 Å². The van der Waals surface area contributed by atoms with Crippen LogP contribution in [0.1, 0.15) is 54.6 Å². The van der Waals surface area contributed by atoms with Gasteiger partial charge in [0.25, 0.3) is 5.91 Å². The smallest absolute Gasteiger partial charge is 0.271 e. The number of rotatable bonds is 4. The average Bonchev–Trinajstić information content (AvgIpc) is 2.71. The Hall–Kier alpha value is -1.36. The molecule has 3 rings (SSSR count). The molecule has 0 radical (unpaired) electrons. The zero-order valence-corrected chi connectivity index (χ0v) is 11.4. The van der Waals surface area contributed by atoms with Crippen molar-refractivity contribution in [2.24, 2.45) is 0 Å². The zero-order chi connectivity index (χ0) is 13.3. The lowest BCUT2D eigenvalue weighted by Gasteiger charge is -2.39. The summed E-state index contributed by atoms with van der Waals surface area (Å²) in [5, 5.41) is 2.89. The molecule has 1 aliphatic heterocycles. The fraction of sp³-hybridized carbons (Fsp3) is 0.714. The molecule has 0 atom stereocenters. The van der Waals surface area contributed by atoms with E-state index < -0.39 is 0 Å². The molecule has 0 bridgehead atoms. The summed E-state index contributed by atoms with van der Waals surface area (Å²) < 4.78 is 5.62. The van der Waals surface area contributed by atoms with E-state index in [1.807, 2.05) is 6.92 Å². The van der Waals surface area contributed by atoms with Gasteiger partial charge in [0, 0.05) is 18.8 Å². The van der Waals surface area contributed by atoms with Gasteiger partial charge in [-0.3, -0.25) is 4.79 Å². The summed E-state index contributed by atoms with van der Waals surface area (Å²) in [7, 11) is 0. The lowest BCUT2D eigenvalue weighted by atomic mass is 9.69. The van der Waals surface area contributed by atoms with Crippen LogP contribution in [0.4, 0.5) is 0 Å². The van der Waals surface area contributed by atoms with Gasteiger partial charge in [-0.25, -0.2) is 4.98 Å². The van der Waals surface area contributed by atoms with Crippen molar-refractivity contribution in [2.75, 3.05) is 19.8 Å². The molecule has 0 spiro atoms. The summed E-state index contributed by atoms with van der Waals surface area (Å²) in [5.41, 5.74) is 1.60. The normalized spacial score (nSPS) is 21.2. The summed E-state index contributed by atoms with van der Waals surface area (Å²) in [4.78, 5) is 19.9. The van der Waals surface area contributed by atoms with Crippen LogP contribution in [-0.2, 0) is 16.6 Å². The predicted octanol–water partition coefficient (Wildman–Crippen LogP) is 1.54. The van der Waals surface area contributed by atoms with Crippen LogP contribution in [0.5, 0.6) is 0 Å². The topological polar surface area (TPSA) is 67.0 Å². The number of aromatic nitrogens is 2. The van der Waals surface area contributed by atoms with Gasteiger partial charge < -0.3 is 15.0 Å². The van der Waals surface area contributed by atoms with Gasteiger partial charge in [0.05, 0.1) is 12.0 Å². The van der Waals surface area contributed by atoms with Gasteiger partial charge in [-0.1, -0.05) is 6.42 Å². The first kappa shape index (κ1) is 12.7. The van der Waals surface area contributed by atoms with Crippen molar-refractivity contribution >= 4 is 5.91 Å². The highest BCUT2D eigenvalue weighted by molar-refractivity contribution is 5.93. The first-order valence-electron chi connectivity index (χ1n) is 7.20. The molecule has 5 heteroatoms. The first-order valence-corrected chi connectivity index (χ1v) is 7.20. The Morgan fingerprint density at radius 1 is 1.37 bits per heavy atom. The molecule has 19 heavy (non-hydrogen) atoms. The van der Waals surface area contributed by atoms with E-state index in [0.717, 1.165) is 50.4 Å². The third-order valence-corrected chi connectivity index (χ3v) is 4.28. The van der Waals surface area contributed by atoms with E-state index in [2.05, 4.69) is 15.3 Å². The molecule has 1 aliphatic carbocycles. The molecule has 1 aromatic heterocycles. The first-order chi connectivity index (χ1) is 9.25. The zero-order valence-electron chi connectivity index (χ0n) is 11.4. The maximum Gasteiger partial charge on any atom is 0.271 e. The van der Waals surface area contributed by atoms with Gasteiger partial charge in [0.15, 0.2) is 0 Å². The molecular weight excluding hydrogens is 242 g/mol. The third-order valence-electron chi connectivity index (χ3n) is 4.28. The van der Waals surface area contributed by atoms with Crippen LogP contribution in [0, 0.1) is 0 Å². The summed E-state index contributed by atoms with van der Waals surface area (Å²) in [6.45, 7) is 4.18. The van der Waals surface area contributed by atoms with E-state index in [9.17, 15) is 4.79 Å². The fourth-order valence-electron chi connectivity index (χ4n) is 2.93. The highest BCUT2D eigenvalue weighted by atomic mass is 16.5. The van der Waals surface area contributed by atoms with Gasteiger partial charge in [0.1, 0.15) is 11.5 Å². The SMILES string of the molecule is CCOCC1(c2nc3c([nH]2)CCCNC3=O)CCC1. The fourth-order valence-corrected chi connectivity index (χ4v) is 2.93. The van der Waals surface area contributed by atoms with Crippen molar-refractivity contribution in [3.05, 3.63) is 17.2 Å². The average molecular weight is 263 g/mol. The van der Waals surface area contributed by atoms with E-state index >= 15 is 0 Å². The number of ether oxygens (including phenoxy) is 1. The summed E-state index contributed by atoms with van der Waals surface area (Å²) >= 11 is 0. The van der Waals surface area contributed by atoms with Gasteiger partial charge >= 0.3 is 0 Å². The third kappa shape index (κ3) is 2.16. The monoisotopic (exact) mass is 263 g/mol. The molecule has 104 valence electrons. The highest BCUT2D eigenvalue weighted by Gasteiger charge is 2.42. The molecule has 1 amide bonds. The van der Waals surface area contributed by atoms with Crippen LogP contribution in [0.2, 0.25) is 0 Å². The van der Waals surface area contributed by atoms with Crippen LogP contribution < -0.4 is 5.32 Å². The Morgan fingerprint density at radius 3 is 2.89 bits per heavy atom. The second kappa shape index (κ2) is 4.96. The number of hydrogen-bond acceptors (Lipinski definition) is 3. The minimum Gasteiger partial charge on any atom is -0.381 e. The number of amides is 1. The maximum atomic E-state index is 11.9. The summed E-state index contributed by atoms with van der Waals surface area (Å²) in [6, 6.07) is 0. The molecule has 0 aromatic carbocycles. The summed E-state index contributed by atoms with van der Waals surface area (Å²) in [5.74, 6) is 0.912. The number of hydrogen-bond donors (Lipinski definition) is 2. The molecule has 1 saturated carbocycles. The number of H-pyrrole nitrogens is 1. The van der Waals surface area contributed by atoms with E-state index in [1.165, 1.54) is 6.42 Å². The molecule has 5 nitrogen and oxygen atoms in total. The minimum atomic E-state index is -0.0408. The molecule has 0 saturated heterocycles. The standard InChI is InChI=1S/C14H21N3O2/c1-2-19-9-14(6-4-7-14)13-16-10-5-3-8-15-12(18)11(10)17-13/h2-9H2,1H3,(H,15,18)(H,16,17). The van der Waals surface area contributed by atoms with Crippen molar-refractivity contribution in [3.8, 4) is 0 Å². The van der Waals surface area contributed by atoms with E-state index in [0.29, 0.717) is 12.3 Å². The second-order valence-corrected chi connectivity index (χ2v) is 5.54. The maximum absolute atomic E-state index is 11.9. The quantitative estimate of drug-likeness (QED) is 0.866. The van der Waals surface area contributed by atoms with Gasteiger partial charge in [-0.2, -0.15) is 0 Å². The Labute approximate surface area is 113 Å². The number of fused-ring (bicyclic) bond motifs is 1. The molecule has 2 heterocycles. The number of carbonyl (C=O) groups is 1. The number of nitrogens with zero attached hydrogens (tertiary/aromatic N) is 1.